The minimum atomic E-state index is 0.890. The van der Waals surface area contributed by atoms with Crippen LogP contribution in [0.1, 0.15) is 52.9 Å². The van der Waals surface area contributed by atoms with Crippen molar-refractivity contribution < 1.29 is 0 Å². The average Bonchev–Trinajstić information content (AvgIpc) is 1.87. The van der Waals surface area contributed by atoms with Gasteiger partial charge in [0.25, 0.3) is 0 Å². The molecule has 0 spiro atoms. The molecule has 0 rings (SSSR count). The van der Waals surface area contributed by atoms with Crippen molar-refractivity contribution in [2.24, 2.45) is 5.92 Å². The Hall–Kier alpha value is 0. The molecule has 0 unspecified atom stereocenters. The predicted octanol–water partition coefficient (Wildman–Crippen LogP) is 3.82. The minimum absolute atomic E-state index is 0.890. The maximum Gasteiger partial charge on any atom is -0.0389 e. The van der Waals surface area contributed by atoms with Crippen LogP contribution >= 0.6 is 0 Å². The van der Waals surface area contributed by atoms with Crippen molar-refractivity contribution in [3.05, 3.63) is 6.42 Å². The van der Waals surface area contributed by atoms with Crippen molar-refractivity contribution in [1.82, 2.24) is 0 Å². The summed E-state index contributed by atoms with van der Waals surface area (Å²) in [4.78, 5) is 0. The zero-order chi connectivity index (χ0) is 7.82. The highest BCUT2D eigenvalue weighted by atomic mass is 14.0. The molecule has 0 N–H and O–H groups in total. The highest BCUT2D eigenvalue weighted by Gasteiger charge is 1.92. The fraction of sp³-hybridized carbons (Fsp3) is 0.900. The zero-order valence-electron chi connectivity index (χ0n) is 7.69. The van der Waals surface area contributed by atoms with Crippen molar-refractivity contribution in [2.45, 2.75) is 52.9 Å². The monoisotopic (exact) mass is 141 g/mol. The highest BCUT2D eigenvalue weighted by molar-refractivity contribution is 4.61. The lowest BCUT2D eigenvalue weighted by Crippen LogP contribution is -1.86. The van der Waals surface area contributed by atoms with E-state index < -0.39 is 0 Å². The van der Waals surface area contributed by atoms with Crippen LogP contribution in [-0.4, -0.2) is 0 Å². The molecule has 0 saturated heterocycles. The van der Waals surface area contributed by atoms with Gasteiger partial charge in [0.05, 0.1) is 0 Å². The van der Waals surface area contributed by atoms with Crippen molar-refractivity contribution in [3.63, 3.8) is 0 Å². The Morgan fingerprint density at radius 2 is 1.90 bits per heavy atom. The van der Waals surface area contributed by atoms with E-state index >= 15 is 0 Å². The molecule has 61 valence electrons. The summed E-state index contributed by atoms with van der Waals surface area (Å²) in [5, 5.41) is 0. The van der Waals surface area contributed by atoms with Crippen molar-refractivity contribution >= 4 is 0 Å². The van der Waals surface area contributed by atoms with Crippen LogP contribution in [0.25, 0.3) is 0 Å². The molecule has 0 fully saturated rings. The highest BCUT2D eigenvalue weighted by Crippen LogP contribution is 2.09. The lowest BCUT2D eigenvalue weighted by Gasteiger charge is -2.02. The van der Waals surface area contributed by atoms with Gasteiger partial charge in [0, 0.05) is 0 Å². The van der Waals surface area contributed by atoms with Crippen LogP contribution in [0.15, 0.2) is 0 Å². The van der Waals surface area contributed by atoms with Gasteiger partial charge in [0.1, 0.15) is 0 Å². The maximum atomic E-state index is 2.38. The average molecular weight is 141 g/mol. The van der Waals surface area contributed by atoms with Gasteiger partial charge in [0.2, 0.25) is 0 Å². The second-order valence-corrected chi connectivity index (χ2v) is 3.38. The molecule has 0 aromatic heterocycles. The van der Waals surface area contributed by atoms with Gasteiger partial charge in [-0.3, -0.25) is 0 Å². The van der Waals surface area contributed by atoms with Crippen LogP contribution in [0, 0.1) is 12.3 Å². The van der Waals surface area contributed by atoms with Crippen molar-refractivity contribution in [2.75, 3.05) is 0 Å². The van der Waals surface area contributed by atoms with Gasteiger partial charge in [-0.1, -0.05) is 52.9 Å². The first kappa shape index (κ1) is 10.0. The van der Waals surface area contributed by atoms with E-state index in [2.05, 4.69) is 27.2 Å². The summed E-state index contributed by atoms with van der Waals surface area (Å²) < 4.78 is 0. The van der Waals surface area contributed by atoms with Gasteiger partial charge in [-0.25, -0.2) is 0 Å². The van der Waals surface area contributed by atoms with Crippen LogP contribution in [-0.2, 0) is 0 Å². The molecule has 0 aliphatic rings. The molecule has 10 heavy (non-hydrogen) atoms. The number of rotatable bonds is 6. The van der Waals surface area contributed by atoms with Crippen LogP contribution in [0.2, 0.25) is 0 Å². The van der Waals surface area contributed by atoms with E-state index in [9.17, 15) is 0 Å². The quantitative estimate of drug-likeness (QED) is 0.493. The summed E-state index contributed by atoms with van der Waals surface area (Å²) in [6.45, 7) is 6.80. The Kier molecular flexibility index (Phi) is 7.11. The molecule has 1 radical (unpaired) electrons. The zero-order valence-corrected chi connectivity index (χ0v) is 7.69. The molecule has 0 aromatic carbocycles. The van der Waals surface area contributed by atoms with Crippen molar-refractivity contribution in [1.29, 1.82) is 0 Å². The molecule has 0 saturated carbocycles. The third-order valence-corrected chi connectivity index (χ3v) is 1.73. The molecule has 0 bridgehead atoms. The van der Waals surface area contributed by atoms with Gasteiger partial charge < -0.3 is 0 Å². The molecule has 0 aliphatic carbocycles. The van der Waals surface area contributed by atoms with Crippen molar-refractivity contribution in [3.8, 4) is 0 Å². The second kappa shape index (κ2) is 7.11. The van der Waals surface area contributed by atoms with Crippen LogP contribution < -0.4 is 0 Å². The molecule has 0 aliphatic heterocycles. The summed E-state index contributed by atoms with van der Waals surface area (Å²) in [7, 11) is 0. The topological polar surface area (TPSA) is 0 Å². The fourth-order valence-corrected chi connectivity index (χ4v) is 1.05. The third-order valence-electron chi connectivity index (χ3n) is 1.73. The first-order valence-corrected chi connectivity index (χ1v) is 4.59. The Labute approximate surface area is 66.0 Å². The Morgan fingerprint density at radius 1 is 1.20 bits per heavy atom. The summed E-state index contributed by atoms with van der Waals surface area (Å²) in [5.74, 6) is 0.890. The first-order valence-electron chi connectivity index (χ1n) is 4.59. The van der Waals surface area contributed by atoms with E-state index in [0.717, 1.165) is 5.92 Å². The molecular weight excluding hydrogens is 120 g/mol. The first-order chi connectivity index (χ1) is 4.77. The molecule has 0 aromatic rings. The van der Waals surface area contributed by atoms with Gasteiger partial charge >= 0.3 is 0 Å². The fourth-order valence-electron chi connectivity index (χ4n) is 1.05. The molecule has 0 amide bonds. The van der Waals surface area contributed by atoms with E-state index in [-0.39, 0.29) is 0 Å². The van der Waals surface area contributed by atoms with E-state index in [1.807, 2.05) is 0 Å². The molecule has 0 atom stereocenters. The number of hydrogen-bond acceptors (Lipinski definition) is 0. The third kappa shape index (κ3) is 8.00. The van der Waals surface area contributed by atoms with E-state index in [1.165, 1.54) is 32.1 Å². The largest absolute Gasteiger partial charge is 0.0651 e. The minimum Gasteiger partial charge on any atom is -0.0651 e. The number of hydrogen-bond donors (Lipinski definition) is 0. The molecule has 0 heterocycles. The lowest BCUT2D eigenvalue weighted by molar-refractivity contribution is 0.535. The normalized spacial score (nSPS) is 10.8. The smallest absolute Gasteiger partial charge is 0.0389 e. The Balaban J connectivity index is 2.77. The summed E-state index contributed by atoms with van der Waals surface area (Å²) in [6.07, 6.45) is 9.14. The van der Waals surface area contributed by atoms with Crippen LogP contribution in [0.5, 0.6) is 0 Å². The molecule has 0 heteroatoms. The summed E-state index contributed by atoms with van der Waals surface area (Å²) in [5.41, 5.74) is 0. The second-order valence-electron chi connectivity index (χ2n) is 3.38. The van der Waals surface area contributed by atoms with E-state index in [1.54, 1.807) is 0 Å². The van der Waals surface area contributed by atoms with Gasteiger partial charge in [-0.05, 0) is 12.3 Å². The maximum absolute atomic E-state index is 2.38. The molecule has 0 nitrogen and oxygen atoms in total. The summed E-state index contributed by atoms with van der Waals surface area (Å²) >= 11 is 0. The predicted molar refractivity (Wildman–Crippen MR) is 47.9 cm³/mol. The molecular formula is C10H21. The SMILES string of the molecule is CC[CH]CCCCC(C)C. The van der Waals surface area contributed by atoms with E-state index in [4.69, 9.17) is 0 Å². The lowest BCUT2D eigenvalue weighted by atomic mass is 10.0. The van der Waals surface area contributed by atoms with Gasteiger partial charge in [-0.15, -0.1) is 0 Å². The van der Waals surface area contributed by atoms with Gasteiger partial charge in [-0.2, -0.15) is 0 Å². The van der Waals surface area contributed by atoms with E-state index in [0.29, 0.717) is 0 Å². The standard InChI is InChI=1S/C10H21/c1-4-5-6-7-8-9-10(2)3/h5,10H,4,6-9H2,1-3H3. The summed E-state index contributed by atoms with van der Waals surface area (Å²) in [6, 6.07) is 0. The van der Waals surface area contributed by atoms with Gasteiger partial charge in [0.15, 0.2) is 0 Å². The Bertz CT molecular complexity index is 55.1. The van der Waals surface area contributed by atoms with Crippen LogP contribution in [0.4, 0.5) is 0 Å². The number of unbranched alkanes of at least 4 members (excludes halogenated alkanes) is 4. The van der Waals surface area contributed by atoms with Crippen LogP contribution in [0.3, 0.4) is 0 Å². The Morgan fingerprint density at radius 3 is 2.40 bits per heavy atom.